The van der Waals surface area contributed by atoms with Crippen molar-refractivity contribution in [2.45, 2.75) is 26.4 Å². The highest BCUT2D eigenvalue weighted by Crippen LogP contribution is 2.27. The van der Waals surface area contributed by atoms with Gasteiger partial charge in [0.05, 0.1) is 6.61 Å². The largest absolute Gasteiger partial charge is 0.460 e. The average Bonchev–Trinajstić information content (AvgIpc) is 2.99. The normalized spacial score (nSPS) is 12.3. The zero-order valence-electron chi connectivity index (χ0n) is 14.2. The minimum Gasteiger partial charge on any atom is -0.460 e. The Morgan fingerprint density at radius 2 is 1.92 bits per heavy atom. The van der Waals surface area contributed by atoms with Crippen LogP contribution in [0.25, 0.3) is 11.0 Å². The number of esters is 1. The summed E-state index contributed by atoms with van der Waals surface area (Å²) in [6.45, 7) is 4.65. The van der Waals surface area contributed by atoms with Gasteiger partial charge in [-0.1, -0.05) is 41.9 Å². The topological polar surface area (TPSA) is 51.5 Å². The predicted molar refractivity (Wildman–Crippen MR) is 98.9 cm³/mol. The number of rotatable bonds is 6. The molecule has 5 heteroatoms. The number of furan rings is 1. The number of para-hydroxylation sites is 1. The Kier molecular flexibility index (Phi) is 5.41. The molecule has 0 saturated carbocycles. The average molecular weight is 358 g/mol. The molecule has 0 spiro atoms. The van der Waals surface area contributed by atoms with Gasteiger partial charge in [-0.15, -0.1) is 0 Å². The van der Waals surface area contributed by atoms with Crippen molar-refractivity contribution in [2.24, 2.45) is 0 Å². The number of hydrogen-bond donors (Lipinski definition) is 1. The molecular formula is C20H20ClNO3. The molecule has 0 fully saturated rings. The molecule has 4 nitrogen and oxygen atoms in total. The van der Waals surface area contributed by atoms with E-state index in [4.69, 9.17) is 20.8 Å². The molecular weight excluding hydrogens is 338 g/mol. The summed E-state index contributed by atoms with van der Waals surface area (Å²) < 4.78 is 10.9. The van der Waals surface area contributed by atoms with Crippen LogP contribution in [-0.4, -0.2) is 12.6 Å². The second-order valence-electron chi connectivity index (χ2n) is 5.78. The minimum atomic E-state index is -0.436. The van der Waals surface area contributed by atoms with Crippen molar-refractivity contribution in [1.29, 1.82) is 0 Å². The number of carbonyl (C=O) groups is 1. The van der Waals surface area contributed by atoms with Crippen LogP contribution in [0.2, 0.25) is 5.02 Å². The number of fused-ring (bicyclic) bond motifs is 1. The van der Waals surface area contributed by atoms with Gasteiger partial charge in [-0.2, -0.15) is 0 Å². The summed E-state index contributed by atoms with van der Waals surface area (Å²) in [5, 5.41) is 5.07. The molecule has 0 amide bonds. The first-order valence-electron chi connectivity index (χ1n) is 8.26. The summed E-state index contributed by atoms with van der Waals surface area (Å²) in [7, 11) is 0. The van der Waals surface area contributed by atoms with Crippen molar-refractivity contribution in [2.75, 3.05) is 6.61 Å². The van der Waals surface area contributed by atoms with E-state index >= 15 is 0 Å². The SMILES string of the molecule is CCOC(=O)c1oc2ccccc2c1CN[C@H](C)c1ccc(Cl)cc1. The van der Waals surface area contributed by atoms with E-state index in [2.05, 4.69) is 12.2 Å². The molecule has 1 aromatic heterocycles. The second-order valence-corrected chi connectivity index (χ2v) is 6.22. The molecule has 0 radical (unpaired) electrons. The molecule has 1 atom stereocenters. The molecule has 3 aromatic rings. The van der Waals surface area contributed by atoms with Gasteiger partial charge in [0.25, 0.3) is 0 Å². The molecule has 0 aliphatic rings. The fourth-order valence-electron chi connectivity index (χ4n) is 2.76. The van der Waals surface area contributed by atoms with Crippen LogP contribution in [0.5, 0.6) is 0 Å². The van der Waals surface area contributed by atoms with Gasteiger partial charge < -0.3 is 14.5 Å². The zero-order chi connectivity index (χ0) is 17.8. The lowest BCUT2D eigenvalue weighted by atomic mass is 10.1. The molecule has 0 aliphatic heterocycles. The molecule has 0 aliphatic carbocycles. The van der Waals surface area contributed by atoms with E-state index in [1.54, 1.807) is 6.92 Å². The van der Waals surface area contributed by atoms with Crippen LogP contribution in [0.3, 0.4) is 0 Å². The van der Waals surface area contributed by atoms with E-state index in [1.165, 1.54) is 0 Å². The fourth-order valence-corrected chi connectivity index (χ4v) is 2.89. The lowest BCUT2D eigenvalue weighted by Crippen LogP contribution is -2.19. The predicted octanol–water partition coefficient (Wildman–Crippen LogP) is 5.11. The minimum absolute atomic E-state index is 0.0981. The molecule has 2 aromatic carbocycles. The first-order chi connectivity index (χ1) is 12.1. The van der Waals surface area contributed by atoms with Gasteiger partial charge in [0.2, 0.25) is 5.76 Å². The Balaban J connectivity index is 1.85. The van der Waals surface area contributed by atoms with Crippen molar-refractivity contribution >= 4 is 28.5 Å². The van der Waals surface area contributed by atoms with E-state index in [9.17, 15) is 4.79 Å². The summed E-state index contributed by atoms with van der Waals surface area (Å²) in [5.41, 5.74) is 2.62. The van der Waals surface area contributed by atoms with E-state index in [-0.39, 0.29) is 11.8 Å². The lowest BCUT2D eigenvalue weighted by Gasteiger charge is -2.14. The fraction of sp³-hybridized carbons (Fsp3) is 0.250. The van der Waals surface area contributed by atoms with Crippen molar-refractivity contribution in [3.63, 3.8) is 0 Å². The van der Waals surface area contributed by atoms with Crippen LogP contribution in [0.1, 0.15) is 41.6 Å². The van der Waals surface area contributed by atoms with Gasteiger partial charge in [-0.25, -0.2) is 4.79 Å². The maximum absolute atomic E-state index is 12.2. The lowest BCUT2D eigenvalue weighted by molar-refractivity contribution is 0.0490. The van der Waals surface area contributed by atoms with Gasteiger partial charge in [0.1, 0.15) is 5.58 Å². The van der Waals surface area contributed by atoms with Gasteiger partial charge in [-0.05, 0) is 37.6 Å². The first-order valence-corrected chi connectivity index (χ1v) is 8.64. The van der Waals surface area contributed by atoms with E-state index in [0.29, 0.717) is 23.8 Å². The highest BCUT2D eigenvalue weighted by molar-refractivity contribution is 6.30. The molecule has 1 N–H and O–H groups in total. The number of benzene rings is 2. The summed E-state index contributed by atoms with van der Waals surface area (Å²) in [6, 6.07) is 15.4. The molecule has 130 valence electrons. The van der Waals surface area contributed by atoms with Crippen molar-refractivity contribution < 1.29 is 13.9 Å². The Labute approximate surface area is 151 Å². The van der Waals surface area contributed by atoms with Crippen LogP contribution < -0.4 is 5.32 Å². The standard InChI is InChI=1S/C20H20ClNO3/c1-3-24-20(23)19-17(16-6-4-5-7-18(16)25-19)12-22-13(2)14-8-10-15(21)11-9-14/h4-11,13,22H,3,12H2,1-2H3/t13-/m1/s1. The van der Waals surface area contributed by atoms with Gasteiger partial charge in [0, 0.05) is 28.6 Å². The van der Waals surface area contributed by atoms with Crippen molar-refractivity contribution in [3.8, 4) is 0 Å². The molecule has 3 rings (SSSR count). The number of hydrogen-bond acceptors (Lipinski definition) is 4. The molecule has 0 saturated heterocycles. The maximum atomic E-state index is 12.2. The Morgan fingerprint density at radius 1 is 1.20 bits per heavy atom. The molecule has 0 unspecified atom stereocenters. The van der Waals surface area contributed by atoms with Crippen LogP contribution in [-0.2, 0) is 11.3 Å². The van der Waals surface area contributed by atoms with Gasteiger partial charge >= 0.3 is 5.97 Å². The first kappa shape index (κ1) is 17.5. The Hall–Kier alpha value is -2.30. The zero-order valence-corrected chi connectivity index (χ0v) is 15.0. The summed E-state index contributed by atoms with van der Waals surface area (Å²) in [6.07, 6.45) is 0. The highest BCUT2D eigenvalue weighted by atomic mass is 35.5. The van der Waals surface area contributed by atoms with Crippen LogP contribution in [0.15, 0.2) is 52.9 Å². The van der Waals surface area contributed by atoms with Gasteiger partial charge in [0.15, 0.2) is 0 Å². The highest BCUT2D eigenvalue weighted by Gasteiger charge is 2.21. The maximum Gasteiger partial charge on any atom is 0.374 e. The van der Waals surface area contributed by atoms with Crippen LogP contribution >= 0.6 is 11.6 Å². The molecule has 1 heterocycles. The van der Waals surface area contributed by atoms with E-state index in [0.717, 1.165) is 16.5 Å². The quantitative estimate of drug-likeness (QED) is 0.622. The number of carbonyl (C=O) groups excluding carboxylic acids is 1. The summed E-state index contributed by atoms with van der Waals surface area (Å²) in [5.74, 6) is -0.173. The van der Waals surface area contributed by atoms with Crippen molar-refractivity contribution in [3.05, 3.63) is 70.4 Å². The number of halogens is 1. The summed E-state index contributed by atoms with van der Waals surface area (Å²) >= 11 is 5.94. The van der Waals surface area contributed by atoms with Gasteiger partial charge in [-0.3, -0.25) is 0 Å². The Bertz CT molecular complexity index is 870. The monoisotopic (exact) mass is 357 g/mol. The third kappa shape index (κ3) is 3.86. The third-order valence-corrected chi connectivity index (χ3v) is 4.37. The van der Waals surface area contributed by atoms with Crippen molar-refractivity contribution in [1.82, 2.24) is 5.32 Å². The third-order valence-electron chi connectivity index (χ3n) is 4.11. The second kappa shape index (κ2) is 7.72. The van der Waals surface area contributed by atoms with E-state index < -0.39 is 5.97 Å². The smallest absolute Gasteiger partial charge is 0.374 e. The van der Waals surface area contributed by atoms with E-state index in [1.807, 2.05) is 48.5 Å². The summed E-state index contributed by atoms with van der Waals surface area (Å²) in [4.78, 5) is 12.2. The van der Waals surface area contributed by atoms with Crippen LogP contribution in [0, 0.1) is 0 Å². The molecule has 0 bridgehead atoms. The molecule has 25 heavy (non-hydrogen) atoms. The number of ether oxygens (including phenoxy) is 1. The number of nitrogens with one attached hydrogen (secondary N) is 1. The van der Waals surface area contributed by atoms with Crippen LogP contribution in [0.4, 0.5) is 0 Å². The Morgan fingerprint density at radius 3 is 2.64 bits per heavy atom.